The summed E-state index contributed by atoms with van der Waals surface area (Å²) in [4.78, 5) is 1.47. The molecule has 14 heavy (non-hydrogen) atoms. The molecule has 0 radical (unpaired) electrons. The van der Waals surface area contributed by atoms with Gasteiger partial charge in [0.25, 0.3) is 0 Å². The Morgan fingerprint density at radius 1 is 1.64 bits per heavy atom. The van der Waals surface area contributed by atoms with Crippen molar-refractivity contribution in [3.63, 3.8) is 0 Å². The van der Waals surface area contributed by atoms with Crippen molar-refractivity contribution in [2.24, 2.45) is 0 Å². The van der Waals surface area contributed by atoms with Crippen LogP contribution in [0.2, 0.25) is 0 Å². The van der Waals surface area contributed by atoms with Crippen LogP contribution in [-0.2, 0) is 4.74 Å². The molecule has 1 aromatic rings. The van der Waals surface area contributed by atoms with Crippen LogP contribution in [0.15, 0.2) is 15.9 Å². The van der Waals surface area contributed by atoms with Crippen LogP contribution in [0.3, 0.4) is 0 Å². The first-order valence-corrected chi connectivity index (χ1v) is 6.38. The minimum Gasteiger partial charge on any atom is -0.383 e. The van der Waals surface area contributed by atoms with Gasteiger partial charge in [0.1, 0.15) is 0 Å². The van der Waals surface area contributed by atoms with Crippen LogP contribution < -0.4 is 5.32 Å². The van der Waals surface area contributed by atoms with E-state index in [-0.39, 0.29) is 0 Å². The molecule has 0 aromatic carbocycles. The molecule has 1 aliphatic heterocycles. The molecule has 1 fully saturated rings. The SMILES string of the molecule is COCC1CC(c2ccc(Br)s2)CN1. The third-order valence-corrected chi connectivity index (χ3v) is 4.37. The molecule has 1 aliphatic rings. The summed E-state index contributed by atoms with van der Waals surface area (Å²) in [5, 5.41) is 3.48. The second-order valence-electron chi connectivity index (χ2n) is 3.64. The van der Waals surface area contributed by atoms with Gasteiger partial charge in [0, 0.05) is 30.5 Å². The predicted octanol–water partition coefficient (Wildman–Crippen LogP) is 2.60. The van der Waals surface area contributed by atoms with Gasteiger partial charge in [0.05, 0.1) is 10.4 Å². The monoisotopic (exact) mass is 275 g/mol. The summed E-state index contributed by atoms with van der Waals surface area (Å²) in [5.74, 6) is 0.673. The summed E-state index contributed by atoms with van der Waals surface area (Å²) in [6.07, 6.45) is 1.20. The molecule has 1 saturated heterocycles. The lowest BCUT2D eigenvalue weighted by molar-refractivity contribution is 0.173. The first-order chi connectivity index (χ1) is 6.79. The standard InChI is InChI=1S/C10H14BrNOS/c1-13-6-8-4-7(5-12-8)9-2-3-10(11)14-9/h2-3,7-8,12H,4-6H2,1H3. The van der Waals surface area contributed by atoms with E-state index < -0.39 is 0 Å². The Balaban J connectivity index is 1.95. The van der Waals surface area contributed by atoms with Crippen molar-refractivity contribution in [3.05, 3.63) is 20.8 Å². The van der Waals surface area contributed by atoms with Gasteiger partial charge in [-0.1, -0.05) is 0 Å². The fraction of sp³-hybridized carbons (Fsp3) is 0.600. The van der Waals surface area contributed by atoms with E-state index in [0.29, 0.717) is 12.0 Å². The maximum Gasteiger partial charge on any atom is 0.0701 e. The van der Waals surface area contributed by atoms with Gasteiger partial charge >= 0.3 is 0 Å². The van der Waals surface area contributed by atoms with Gasteiger partial charge in [-0.15, -0.1) is 11.3 Å². The number of hydrogen-bond acceptors (Lipinski definition) is 3. The molecule has 0 amide bonds. The third kappa shape index (κ3) is 2.37. The zero-order chi connectivity index (χ0) is 9.97. The first kappa shape index (κ1) is 10.6. The second kappa shape index (κ2) is 4.75. The van der Waals surface area contributed by atoms with E-state index >= 15 is 0 Å². The molecule has 0 spiro atoms. The van der Waals surface area contributed by atoms with Gasteiger partial charge in [-0.2, -0.15) is 0 Å². The van der Waals surface area contributed by atoms with Crippen molar-refractivity contribution in [2.45, 2.75) is 18.4 Å². The van der Waals surface area contributed by atoms with Crippen LogP contribution in [0.25, 0.3) is 0 Å². The van der Waals surface area contributed by atoms with Crippen LogP contribution in [0, 0.1) is 0 Å². The summed E-state index contributed by atoms with van der Waals surface area (Å²) in [5.41, 5.74) is 0. The second-order valence-corrected chi connectivity index (χ2v) is 6.13. The van der Waals surface area contributed by atoms with Crippen LogP contribution >= 0.6 is 27.3 Å². The zero-order valence-corrected chi connectivity index (χ0v) is 10.5. The molecular weight excluding hydrogens is 262 g/mol. The van der Waals surface area contributed by atoms with Crippen molar-refractivity contribution in [3.8, 4) is 0 Å². The first-order valence-electron chi connectivity index (χ1n) is 4.77. The summed E-state index contributed by atoms with van der Waals surface area (Å²) in [6.45, 7) is 1.91. The molecular formula is C10H14BrNOS. The Labute approximate surface area is 96.8 Å². The topological polar surface area (TPSA) is 21.3 Å². The van der Waals surface area contributed by atoms with Gasteiger partial charge in [0.15, 0.2) is 0 Å². The number of nitrogens with one attached hydrogen (secondary N) is 1. The molecule has 2 unspecified atom stereocenters. The number of hydrogen-bond donors (Lipinski definition) is 1. The fourth-order valence-corrected chi connectivity index (χ4v) is 3.45. The summed E-state index contributed by atoms with van der Waals surface area (Å²) >= 11 is 5.34. The highest BCUT2D eigenvalue weighted by molar-refractivity contribution is 9.11. The highest BCUT2D eigenvalue weighted by Gasteiger charge is 2.25. The molecule has 0 aliphatic carbocycles. The number of thiophene rings is 1. The molecule has 0 saturated carbocycles. The van der Waals surface area contributed by atoms with E-state index in [4.69, 9.17) is 4.74 Å². The number of methoxy groups -OCH3 is 1. The molecule has 78 valence electrons. The average molecular weight is 276 g/mol. The fourth-order valence-electron chi connectivity index (χ4n) is 1.91. The van der Waals surface area contributed by atoms with Gasteiger partial charge in [-0.3, -0.25) is 0 Å². The van der Waals surface area contributed by atoms with Gasteiger partial charge < -0.3 is 10.1 Å². The van der Waals surface area contributed by atoms with Crippen molar-refractivity contribution in [1.29, 1.82) is 0 Å². The molecule has 1 N–H and O–H groups in total. The highest BCUT2D eigenvalue weighted by atomic mass is 79.9. The smallest absolute Gasteiger partial charge is 0.0701 e. The summed E-state index contributed by atoms with van der Waals surface area (Å²) in [7, 11) is 1.76. The number of ether oxygens (including phenoxy) is 1. The molecule has 4 heteroatoms. The zero-order valence-electron chi connectivity index (χ0n) is 8.13. The Kier molecular flexibility index (Phi) is 3.60. The molecule has 2 nitrogen and oxygen atoms in total. The average Bonchev–Trinajstić information content (AvgIpc) is 2.74. The lowest BCUT2D eigenvalue weighted by Gasteiger charge is -2.07. The largest absolute Gasteiger partial charge is 0.383 e. The van der Waals surface area contributed by atoms with E-state index in [2.05, 4.69) is 33.4 Å². The maximum atomic E-state index is 5.15. The Hall–Kier alpha value is 0.1000. The van der Waals surface area contributed by atoms with E-state index in [0.717, 1.165) is 13.2 Å². The van der Waals surface area contributed by atoms with Crippen molar-refractivity contribution < 1.29 is 4.74 Å². The van der Waals surface area contributed by atoms with Gasteiger partial charge in [-0.25, -0.2) is 0 Å². The van der Waals surface area contributed by atoms with Crippen LogP contribution in [-0.4, -0.2) is 26.3 Å². The summed E-state index contributed by atoms with van der Waals surface area (Å²) in [6, 6.07) is 4.88. The predicted molar refractivity (Wildman–Crippen MR) is 63.0 cm³/mol. The molecule has 2 atom stereocenters. The minimum absolute atomic E-state index is 0.533. The lowest BCUT2D eigenvalue weighted by atomic mass is 10.0. The minimum atomic E-state index is 0.533. The van der Waals surface area contributed by atoms with Gasteiger partial charge in [-0.05, 0) is 34.5 Å². The highest BCUT2D eigenvalue weighted by Crippen LogP contribution is 2.33. The van der Waals surface area contributed by atoms with Crippen molar-refractivity contribution in [1.82, 2.24) is 5.32 Å². The number of rotatable bonds is 3. The van der Waals surface area contributed by atoms with E-state index in [1.54, 1.807) is 7.11 Å². The summed E-state index contributed by atoms with van der Waals surface area (Å²) < 4.78 is 6.37. The van der Waals surface area contributed by atoms with Crippen molar-refractivity contribution in [2.75, 3.05) is 20.3 Å². The molecule has 2 heterocycles. The van der Waals surface area contributed by atoms with E-state index in [1.807, 2.05) is 11.3 Å². The third-order valence-electron chi connectivity index (χ3n) is 2.59. The van der Waals surface area contributed by atoms with E-state index in [9.17, 15) is 0 Å². The normalized spacial score (nSPS) is 27.0. The van der Waals surface area contributed by atoms with Crippen LogP contribution in [0.1, 0.15) is 17.2 Å². The van der Waals surface area contributed by atoms with Gasteiger partial charge in [0.2, 0.25) is 0 Å². The van der Waals surface area contributed by atoms with E-state index in [1.165, 1.54) is 15.1 Å². The Bertz CT molecular complexity index is 302. The lowest BCUT2D eigenvalue weighted by Crippen LogP contribution is -2.25. The van der Waals surface area contributed by atoms with Crippen LogP contribution in [0.4, 0.5) is 0 Å². The Morgan fingerprint density at radius 2 is 2.50 bits per heavy atom. The van der Waals surface area contributed by atoms with Crippen LogP contribution in [0.5, 0.6) is 0 Å². The van der Waals surface area contributed by atoms with Crippen molar-refractivity contribution >= 4 is 27.3 Å². The molecule has 0 bridgehead atoms. The Morgan fingerprint density at radius 3 is 3.14 bits per heavy atom. The number of halogens is 1. The quantitative estimate of drug-likeness (QED) is 0.916. The molecule has 2 rings (SSSR count). The molecule has 1 aromatic heterocycles. The maximum absolute atomic E-state index is 5.15.